The zero-order chi connectivity index (χ0) is 40.1. The fourth-order valence-corrected chi connectivity index (χ4v) is 8.50. The van der Waals surface area contributed by atoms with Gasteiger partial charge in [0, 0.05) is 16.8 Å². The van der Waals surface area contributed by atoms with E-state index in [1.807, 2.05) is 0 Å². The van der Waals surface area contributed by atoms with Gasteiger partial charge in [-0.3, -0.25) is 4.99 Å². The average Bonchev–Trinajstić information content (AvgIpc) is 3.35. The van der Waals surface area contributed by atoms with Gasteiger partial charge in [0.1, 0.15) is 6.17 Å². The SMILES string of the molecule is C1=C(c2ccc(-c3ccccc3)cc2)NC(c2ccccc2)N=C1c1cccc(C2=C(c3ccccc3)C(c3ccccc3)NC(c3ccccc3)=C2c2ccccc2)c1. The minimum Gasteiger partial charge on any atom is -0.373 e. The fourth-order valence-electron chi connectivity index (χ4n) is 8.50. The molecule has 0 fully saturated rings. The molecule has 2 heterocycles. The molecule has 2 aliphatic heterocycles. The molecule has 0 spiro atoms. The van der Waals surface area contributed by atoms with Gasteiger partial charge in [-0.25, -0.2) is 0 Å². The summed E-state index contributed by atoms with van der Waals surface area (Å²) < 4.78 is 0. The minimum absolute atomic E-state index is 0.126. The van der Waals surface area contributed by atoms with Crippen molar-refractivity contribution in [1.29, 1.82) is 0 Å². The van der Waals surface area contributed by atoms with Crippen LogP contribution in [0.25, 0.3) is 39.2 Å². The summed E-state index contributed by atoms with van der Waals surface area (Å²) in [5.74, 6) is 0. The van der Waals surface area contributed by atoms with Crippen molar-refractivity contribution < 1.29 is 0 Å². The Kier molecular flexibility index (Phi) is 10.1. The molecule has 60 heavy (non-hydrogen) atoms. The van der Waals surface area contributed by atoms with E-state index in [-0.39, 0.29) is 12.2 Å². The highest BCUT2D eigenvalue weighted by Crippen LogP contribution is 2.50. The third-order valence-electron chi connectivity index (χ3n) is 11.4. The van der Waals surface area contributed by atoms with Crippen LogP contribution in [0.2, 0.25) is 0 Å². The number of aliphatic imine (C=N–C) groups is 1. The van der Waals surface area contributed by atoms with Crippen molar-refractivity contribution in [1.82, 2.24) is 10.6 Å². The van der Waals surface area contributed by atoms with Crippen molar-refractivity contribution in [2.75, 3.05) is 0 Å². The Morgan fingerprint density at radius 1 is 0.333 bits per heavy atom. The summed E-state index contributed by atoms with van der Waals surface area (Å²) in [5.41, 5.74) is 18.1. The first kappa shape index (κ1) is 36.6. The molecule has 8 aromatic carbocycles. The Bertz CT molecular complexity index is 2860. The predicted molar refractivity (Wildman–Crippen MR) is 250 cm³/mol. The van der Waals surface area contributed by atoms with Crippen molar-refractivity contribution in [3.63, 3.8) is 0 Å². The predicted octanol–water partition coefficient (Wildman–Crippen LogP) is 13.3. The molecule has 286 valence electrons. The lowest BCUT2D eigenvalue weighted by molar-refractivity contribution is 0.664. The average molecular weight is 770 g/mol. The standard InChI is InChI=1S/C57H43N3/c1-7-20-40(21-8-1)41-34-36-42(37-35-41)50-39-51(59-57(58-50)47-30-17-6-18-31-47)48-32-19-33-49(38-48)52-53(43-22-9-2-10-23-43)55(45-26-13-4-14-27-45)60-56(46-28-15-5-16-29-46)54(52)44-24-11-3-12-25-44/h1-39,55,57-58,60H. The molecule has 8 aromatic rings. The van der Waals surface area contributed by atoms with Gasteiger partial charge in [-0.05, 0) is 73.4 Å². The van der Waals surface area contributed by atoms with Crippen LogP contribution >= 0.6 is 0 Å². The van der Waals surface area contributed by atoms with Gasteiger partial charge in [-0.15, -0.1) is 0 Å². The summed E-state index contributed by atoms with van der Waals surface area (Å²) in [7, 11) is 0. The first-order valence-corrected chi connectivity index (χ1v) is 20.6. The number of hydrogen-bond acceptors (Lipinski definition) is 3. The third-order valence-corrected chi connectivity index (χ3v) is 11.4. The van der Waals surface area contributed by atoms with E-state index >= 15 is 0 Å². The number of hydrogen-bond donors (Lipinski definition) is 2. The van der Waals surface area contributed by atoms with E-state index in [0.717, 1.165) is 56.1 Å². The number of nitrogens with zero attached hydrogens (tertiary/aromatic N) is 1. The van der Waals surface area contributed by atoms with Crippen LogP contribution in [-0.4, -0.2) is 5.71 Å². The normalized spacial score (nSPS) is 16.3. The largest absolute Gasteiger partial charge is 0.373 e. The van der Waals surface area contributed by atoms with E-state index in [9.17, 15) is 0 Å². The number of allylic oxidation sites excluding steroid dienone is 3. The van der Waals surface area contributed by atoms with Crippen LogP contribution in [0.3, 0.4) is 0 Å². The van der Waals surface area contributed by atoms with Crippen LogP contribution in [0.5, 0.6) is 0 Å². The van der Waals surface area contributed by atoms with Gasteiger partial charge in [0.05, 0.1) is 17.5 Å². The first-order valence-electron chi connectivity index (χ1n) is 20.6. The molecule has 2 aliphatic rings. The zero-order valence-electron chi connectivity index (χ0n) is 33.1. The highest BCUT2D eigenvalue weighted by Gasteiger charge is 2.33. The topological polar surface area (TPSA) is 36.4 Å². The van der Waals surface area contributed by atoms with Crippen LogP contribution in [0.15, 0.2) is 242 Å². The lowest BCUT2D eigenvalue weighted by Gasteiger charge is -2.36. The Morgan fingerprint density at radius 3 is 1.42 bits per heavy atom. The van der Waals surface area contributed by atoms with E-state index in [1.165, 1.54) is 33.4 Å². The maximum absolute atomic E-state index is 5.42. The van der Waals surface area contributed by atoms with Gasteiger partial charge in [0.25, 0.3) is 0 Å². The summed E-state index contributed by atoms with van der Waals surface area (Å²) >= 11 is 0. The van der Waals surface area contributed by atoms with Crippen molar-refractivity contribution in [3.8, 4) is 11.1 Å². The molecular formula is C57H43N3. The number of dihydropyridines is 1. The Balaban J connectivity index is 1.18. The highest BCUT2D eigenvalue weighted by molar-refractivity contribution is 6.24. The molecule has 0 amide bonds. The molecule has 3 heteroatoms. The Labute approximate surface area is 352 Å². The number of rotatable bonds is 9. The van der Waals surface area contributed by atoms with Crippen LogP contribution < -0.4 is 10.6 Å². The molecule has 0 radical (unpaired) electrons. The van der Waals surface area contributed by atoms with Crippen LogP contribution in [-0.2, 0) is 0 Å². The van der Waals surface area contributed by atoms with Crippen molar-refractivity contribution >= 4 is 33.8 Å². The maximum atomic E-state index is 5.42. The molecule has 0 aromatic heterocycles. The zero-order valence-corrected chi connectivity index (χ0v) is 33.1. The molecule has 2 unspecified atom stereocenters. The Hall–Kier alpha value is -7.75. The monoisotopic (exact) mass is 769 g/mol. The molecule has 0 saturated carbocycles. The molecule has 2 atom stereocenters. The summed E-state index contributed by atoms with van der Waals surface area (Å²) in [5, 5.41) is 7.88. The lowest BCUT2D eigenvalue weighted by atomic mass is 9.76. The highest BCUT2D eigenvalue weighted by atomic mass is 15.1. The number of nitrogens with one attached hydrogen (secondary N) is 2. The van der Waals surface area contributed by atoms with Crippen LogP contribution in [0, 0.1) is 0 Å². The Morgan fingerprint density at radius 2 is 0.800 bits per heavy atom. The third kappa shape index (κ3) is 7.41. The van der Waals surface area contributed by atoms with Crippen molar-refractivity contribution in [3.05, 3.63) is 281 Å². The molecule has 0 saturated heterocycles. The molecule has 2 N–H and O–H groups in total. The van der Waals surface area contributed by atoms with Crippen LogP contribution in [0.1, 0.15) is 56.7 Å². The van der Waals surface area contributed by atoms with Crippen molar-refractivity contribution in [2.45, 2.75) is 12.2 Å². The lowest BCUT2D eigenvalue weighted by Crippen LogP contribution is -2.27. The van der Waals surface area contributed by atoms with E-state index in [2.05, 4.69) is 247 Å². The van der Waals surface area contributed by atoms with Gasteiger partial charge in [-0.2, -0.15) is 0 Å². The van der Waals surface area contributed by atoms with E-state index in [4.69, 9.17) is 4.99 Å². The second-order valence-electron chi connectivity index (χ2n) is 15.2. The van der Waals surface area contributed by atoms with Crippen molar-refractivity contribution in [2.24, 2.45) is 4.99 Å². The molecular weight excluding hydrogens is 727 g/mol. The van der Waals surface area contributed by atoms with E-state index in [1.54, 1.807) is 0 Å². The maximum Gasteiger partial charge on any atom is 0.145 e. The summed E-state index contributed by atoms with van der Waals surface area (Å²) in [4.78, 5) is 5.42. The molecule has 0 aliphatic carbocycles. The quantitative estimate of drug-likeness (QED) is 0.153. The molecule has 3 nitrogen and oxygen atoms in total. The summed E-state index contributed by atoms with van der Waals surface area (Å²) in [6, 6.07) is 82.0. The molecule has 10 rings (SSSR count). The second kappa shape index (κ2) is 16.6. The summed E-state index contributed by atoms with van der Waals surface area (Å²) in [6.45, 7) is 0. The van der Waals surface area contributed by atoms with Gasteiger partial charge in [-0.1, -0.05) is 224 Å². The van der Waals surface area contributed by atoms with Gasteiger partial charge in [0.15, 0.2) is 0 Å². The number of benzene rings is 8. The second-order valence-corrected chi connectivity index (χ2v) is 15.2. The smallest absolute Gasteiger partial charge is 0.145 e. The first-order chi connectivity index (χ1) is 29.8. The fraction of sp³-hybridized carbons (Fsp3) is 0.0351. The van der Waals surface area contributed by atoms with Gasteiger partial charge < -0.3 is 10.6 Å². The van der Waals surface area contributed by atoms with Gasteiger partial charge in [0.2, 0.25) is 0 Å². The minimum atomic E-state index is -0.261. The van der Waals surface area contributed by atoms with E-state index < -0.39 is 0 Å². The van der Waals surface area contributed by atoms with Crippen LogP contribution in [0.4, 0.5) is 0 Å². The summed E-state index contributed by atoms with van der Waals surface area (Å²) in [6.07, 6.45) is 1.95. The van der Waals surface area contributed by atoms with Gasteiger partial charge >= 0.3 is 0 Å². The molecule has 0 bridgehead atoms. The van der Waals surface area contributed by atoms with E-state index in [0.29, 0.717) is 0 Å².